The van der Waals surface area contributed by atoms with Crippen molar-refractivity contribution in [3.8, 4) is 16.9 Å². The molecular weight excluding hydrogens is 819 g/mol. The molecule has 1 aliphatic rings. The average Bonchev–Trinajstić information content (AvgIpc) is 3.50. The predicted molar refractivity (Wildman–Crippen MR) is 241 cm³/mol. The molecule has 1 atom stereocenters. The molecule has 2 aromatic carbocycles. The highest BCUT2D eigenvalue weighted by atomic mass is 32.2. The Balaban J connectivity index is 0.987. The maximum Gasteiger partial charge on any atom is 0.254 e. The highest BCUT2D eigenvalue weighted by Crippen LogP contribution is 2.31. The van der Waals surface area contributed by atoms with Crippen LogP contribution in [0, 0.1) is 6.92 Å². The van der Waals surface area contributed by atoms with Gasteiger partial charge in [0, 0.05) is 59.6 Å². The summed E-state index contributed by atoms with van der Waals surface area (Å²) in [5.41, 5.74) is 15.6. The van der Waals surface area contributed by atoms with Gasteiger partial charge in [-0.3, -0.25) is 9.59 Å². The highest BCUT2D eigenvalue weighted by Gasteiger charge is 2.23. The van der Waals surface area contributed by atoms with Gasteiger partial charge >= 0.3 is 0 Å². The van der Waals surface area contributed by atoms with Crippen LogP contribution in [0.5, 0.6) is 5.75 Å². The molecule has 3 aromatic rings. The standard InChI is InChI=1S/C45H67N5O11S/c1-3-62(40-6-7-41(36(2)32-40)45(52)50-13-16-61-42-8-4-37(33-39(42)35-50)38-5-9-43(47)49-34-38)31-12-48-44(51)10-14-53-17-19-55-21-23-57-25-27-59-29-30-60-28-26-58-24-22-56-20-18-54-15-11-46/h3-9,32-34H,10-31,35,46H2,1-2H3,(H2,47,49)(H,48,51). The van der Waals surface area contributed by atoms with Crippen LogP contribution in [-0.2, 0) is 49.2 Å². The van der Waals surface area contributed by atoms with E-state index >= 15 is 0 Å². The number of amides is 2. The fraction of sp³-hybridized carbons (Fsp3) is 0.556. The van der Waals surface area contributed by atoms with Gasteiger partial charge in [0.05, 0.1) is 112 Å². The monoisotopic (exact) mass is 885 g/mol. The minimum absolute atomic E-state index is 0.0324. The Morgan fingerprint density at radius 2 is 1.32 bits per heavy atom. The summed E-state index contributed by atoms with van der Waals surface area (Å²) < 4.78 is 49.7. The molecule has 344 valence electrons. The molecule has 1 aromatic heterocycles. The number of nitrogen functional groups attached to an aromatic ring is 1. The number of rotatable bonds is 32. The number of hydrogen-bond acceptors (Lipinski definition) is 14. The summed E-state index contributed by atoms with van der Waals surface area (Å²) in [6, 6.07) is 15.7. The van der Waals surface area contributed by atoms with Crippen molar-refractivity contribution in [3.05, 3.63) is 71.4 Å². The molecule has 16 nitrogen and oxygen atoms in total. The van der Waals surface area contributed by atoms with Gasteiger partial charge in [-0.15, -0.1) is 0 Å². The van der Waals surface area contributed by atoms with Crippen molar-refractivity contribution >= 4 is 33.5 Å². The molecule has 0 saturated carbocycles. The number of anilines is 1. The second-order valence-corrected chi connectivity index (χ2v) is 16.2. The molecule has 0 bridgehead atoms. The maximum absolute atomic E-state index is 13.8. The number of pyridine rings is 1. The molecule has 0 fully saturated rings. The number of nitrogens with one attached hydrogen (secondary N) is 1. The summed E-state index contributed by atoms with van der Waals surface area (Å²) in [6.45, 7) is 14.0. The first-order valence-electron chi connectivity index (χ1n) is 21.3. The van der Waals surface area contributed by atoms with E-state index in [9.17, 15) is 9.59 Å². The number of nitrogens with two attached hydrogens (primary N) is 2. The van der Waals surface area contributed by atoms with Gasteiger partial charge in [0.25, 0.3) is 5.91 Å². The minimum atomic E-state index is -0.202. The topological polar surface area (TPSA) is 197 Å². The van der Waals surface area contributed by atoms with Crippen LogP contribution >= 0.6 is 10.5 Å². The van der Waals surface area contributed by atoms with Crippen LogP contribution in [0.4, 0.5) is 5.82 Å². The second-order valence-electron chi connectivity index (χ2n) is 14.0. The van der Waals surface area contributed by atoms with Gasteiger partial charge in [0.2, 0.25) is 5.91 Å². The molecule has 4 rings (SSSR count). The van der Waals surface area contributed by atoms with Gasteiger partial charge in [-0.25, -0.2) is 4.98 Å². The second kappa shape index (κ2) is 30.9. The zero-order chi connectivity index (χ0) is 44.0. The third-order valence-corrected chi connectivity index (χ3v) is 11.5. The Hall–Kier alpha value is -4.01. The molecule has 2 amide bonds. The van der Waals surface area contributed by atoms with Crippen molar-refractivity contribution in [3.63, 3.8) is 0 Å². The summed E-state index contributed by atoms with van der Waals surface area (Å²) in [6.07, 6.45) is 2.02. The van der Waals surface area contributed by atoms with Gasteiger partial charge in [0.1, 0.15) is 18.2 Å². The largest absolute Gasteiger partial charge is 0.491 e. The van der Waals surface area contributed by atoms with Crippen molar-refractivity contribution in [2.24, 2.45) is 5.73 Å². The van der Waals surface area contributed by atoms with Crippen LogP contribution in [0.15, 0.2) is 59.6 Å². The molecule has 0 spiro atoms. The number of hydrogen-bond donors (Lipinski definition) is 3. The molecule has 0 saturated heterocycles. The van der Waals surface area contributed by atoms with Crippen LogP contribution < -0.4 is 21.5 Å². The zero-order valence-electron chi connectivity index (χ0n) is 36.5. The quantitative estimate of drug-likeness (QED) is 0.0606. The van der Waals surface area contributed by atoms with E-state index in [1.807, 2.05) is 49.1 Å². The molecule has 2 heterocycles. The van der Waals surface area contributed by atoms with Gasteiger partial charge in [0.15, 0.2) is 0 Å². The van der Waals surface area contributed by atoms with Crippen molar-refractivity contribution in [2.45, 2.75) is 31.7 Å². The van der Waals surface area contributed by atoms with Gasteiger partial charge < -0.3 is 64.3 Å². The van der Waals surface area contributed by atoms with Crippen LogP contribution in [0.3, 0.4) is 0 Å². The highest BCUT2D eigenvalue weighted by molar-refractivity contribution is 8.15. The van der Waals surface area contributed by atoms with E-state index in [0.29, 0.717) is 150 Å². The number of aryl methyl sites for hydroxylation is 1. The van der Waals surface area contributed by atoms with E-state index < -0.39 is 0 Å². The van der Waals surface area contributed by atoms with Crippen LogP contribution in [-0.4, -0.2) is 165 Å². The molecule has 0 radical (unpaired) electrons. The van der Waals surface area contributed by atoms with Crippen LogP contribution in [0.2, 0.25) is 0 Å². The molecule has 1 aliphatic heterocycles. The Labute approximate surface area is 369 Å². The first kappa shape index (κ1) is 50.6. The van der Waals surface area contributed by atoms with E-state index in [1.165, 1.54) is 0 Å². The van der Waals surface area contributed by atoms with E-state index in [2.05, 4.69) is 27.8 Å². The molecule has 1 unspecified atom stereocenters. The normalized spacial score (nSPS) is 13.1. The summed E-state index contributed by atoms with van der Waals surface area (Å²) in [5.74, 6) is 1.92. The minimum Gasteiger partial charge on any atom is -0.491 e. The van der Waals surface area contributed by atoms with Gasteiger partial charge in [-0.05, 0) is 67.4 Å². The zero-order valence-corrected chi connectivity index (χ0v) is 37.3. The van der Waals surface area contributed by atoms with Crippen molar-refractivity contribution in [1.82, 2.24) is 15.2 Å². The maximum atomic E-state index is 13.8. The number of carbonyl (C=O) groups excluding carboxylic acids is 2. The fourth-order valence-corrected chi connectivity index (χ4v) is 7.82. The first-order valence-corrected chi connectivity index (χ1v) is 22.8. The number of aromatic nitrogens is 1. The average molecular weight is 886 g/mol. The van der Waals surface area contributed by atoms with Crippen molar-refractivity contribution in [2.75, 3.05) is 143 Å². The molecule has 5 N–H and O–H groups in total. The van der Waals surface area contributed by atoms with Crippen molar-refractivity contribution in [1.29, 1.82) is 0 Å². The van der Waals surface area contributed by atoms with E-state index in [-0.39, 0.29) is 28.7 Å². The number of fused-ring (bicyclic) bond motifs is 1. The van der Waals surface area contributed by atoms with Crippen LogP contribution in [0.1, 0.15) is 34.8 Å². The number of benzene rings is 2. The lowest BCUT2D eigenvalue weighted by Crippen LogP contribution is -2.33. The molecular formula is C45H67N5O11S. The third-order valence-electron chi connectivity index (χ3n) is 9.45. The molecule has 0 aliphatic carbocycles. The van der Waals surface area contributed by atoms with Gasteiger partial charge in [-0.1, -0.05) is 11.4 Å². The summed E-state index contributed by atoms with van der Waals surface area (Å²) in [5, 5.41) is 5.17. The lowest BCUT2D eigenvalue weighted by molar-refractivity contribution is -0.122. The lowest BCUT2D eigenvalue weighted by atomic mass is 10.0. The lowest BCUT2D eigenvalue weighted by Gasteiger charge is -2.22. The number of carbonyl (C=O) groups is 2. The molecule has 62 heavy (non-hydrogen) atoms. The van der Waals surface area contributed by atoms with E-state index in [0.717, 1.165) is 38.7 Å². The smallest absolute Gasteiger partial charge is 0.254 e. The fourth-order valence-electron chi connectivity index (χ4n) is 6.18. The number of ether oxygens (including phenoxy) is 9. The molecule has 17 heteroatoms. The summed E-state index contributed by atoms with van der Waals surface area (Å²) in [4.78, 5) is 33.5. The SMILES string of the molecule is C/C=S(/CCNC(=O)CCOCCOCCOCCOCCOCCOCCOCCOCCN)c1ccc(C(=O)N2CCOc3ccc(-c4ccc(N)nc4)cc3C2)c(C)c1. The van der Waals surface area contributed by atoms with E-state index in [4.69, 9.17) is 54.1 Å². The first-order chi connectivity index (χ1) is 30.4. The summed E-state index contributed by atoms with van der Waals surface area (Å²) >= 11 is 0. The third kappa shape index (κ3) is 19.6. The van der Waals surface area contributed by atoms with Crippen molar-refractivity contribution < 1.29 is 52.2 Å². The summed E-state index contributed by atoms with van der Waals surface area (Å²) in [7, 11) is -0.202. The van der Waals surface area contributed by atoms with Gasteiger partial charge in [-0.2, -0.15) is 10.5 Å². The Morgan fingerprint density at radius 3 is 1.85 bits per heavy atom. The van der Waals surface area contributed by atoms with E-state index in [1.54, 1.807) is 12.3 Å². The number of nitrogens with zero attached hydrogens (tertiary/aromatic N) is 2. The Kier molecular flexibility index (Phi) is 25.3. The Morgan fingerprint density at radius 1 is 0.758 bits per heavy atom. The predicted octanol–water partition coefficient (Wildman–Crippen LogP) is 3.72. The van der Waals surface area contributed by atoms with Crippen LogP contribution in [0.25, 0.3) is 11.1 Å². The Bertz CT molecular complexity index is 1770.